The van der Waals surface area contributed by atoms with E-state index in [2.05, 4.69) is 4.98 Å². The third-order valence-corrected chi connectivity index (χ3v) is 3.13. The van der Waals surface area contributed by atoms with Crippen LogP contribution in [-0.4, -0.2) is 22.8 Å². The summed E-state index contributed by atoms with van der Waals surface area (Å²) in [6, 6.07) is 8.96. The second-order valence-electron chi connectivity index (χ2n) is 4.81. The molecule has 0 aliphatic rings. The van der Waals surface area contributed by atoms with Gasteiger partial charge in [0, 0.05) is 11.8 Å². The Bertz CT molecular complexity index is 629. The number of carbonyl (C=O) groups is 2. The van der Waals surface area contributed by atoms with E-state index in [1.165, 1.54) is 0 Å². The van der Waals surface area contributed by atoms with Gasteiger partial charge in [0.2, 0.25) is 5.78 Å². The lowest BCUT2D eigenvalue weighted by atomic mass is 9.99. The number of hydrogen-bond donors (Lipinski definition) is 1. The maximum atomic E-state index is 12.3. The number of aryl methyl sites for hydroxylation is 2. The fourth-order valence-electron chi connectivity index (χ4n) is 1.96. The van der Waals surface area contributed by atoms with Gasteiger partial charge in [-0.3, -0.25) is 4.79 Å². The smallest absolute Gasteiger partial charge is 0.355 e. The number of aromatic amines is 1. The van der Waals surface area contributed by atoms with Crippen molar-refractivity contribution in [3.05, 3.63) is 58.9 Å². The monoisotopic (exact) mass is 271 g/mol. The van der Waals surface area contributed by atoms with Crippen LogP contribution in [0.15, 0.2) is 36.5 Å². The van der Waals surface area contributed by atoms with Crippen molar-refractivity contribution in [3.8, 4) is 0 Å². The van der Waals surface area contributed by atoms with Crippen molar-refractivity contribution in [1.29, 1.82) is 0 Å². The summed E-state index contributed by atoms with van der Waals surface area (Å²) in [5.74, 6) is -0.715. The van der Waals surface area contributed by atoms with E-state index in [9.17, 15) is 9.59 Å². The molecule has 0 radical (unpaired) electrons. The van der Waals surface area contributed by atoms with Crippen LogP contribution in [0.1, 0.15) is 38.9 Å². The van der Waals surface area contributed by atoms with Crippen LogP contribution in [0.5, 0.6) is 0 Å². The number of H-pyrrole nitrogens is 1. The minimum Gasteiger partial charge on any atom is -0.450 e. The Morgan fingerprint density at radius 1 is 1.20 bits per heavy atom. The molecule has 1 heterocycles. The Morgan fingerprint density at radius 3 is 2.60 bits per heavy atom. The molecular weight excluding hydrogens is 254 g/mol. The van der Waals surface area contributed by atoms with Gasteiger partial charge in [-0.05, 0) is 44.5 Å². The van der Waals surface area contributed by atoms with Gasteiger partial charge in [0.1, 0.15) is 5.69 Å². The van der Waals surface area contributed by atoms with Crippen LogP contribution >= 0.6 is 0 Å². The second kappa shape index (κ2) is 5.74. The Labute approximate surface area is 117 Å². The highest BCUT2D eigenvalue weighted by atomic mass is 16.5. The number of ether oxygens (including phenoxy) is 1. The minimum absolute atomic E-state index is 0.189. The van der Waals surface area contributed by atoms with Gasteiger partial charge in [0.15, 0.2) is 6.10 Å². The van der Waals surface area contributed by atoms with E-state index in [-0.39, 0.29) is 5.78 Å². The van der Waals surface area contributed by atoms with Crippen LogP contribution in [0.2, 0.25) is 0 Å². The Morgan fingerprint density at radius 2 is 1.95 bits per heavy atom. The summed E-state index contributed by atoms with van der Waals surface area (Å²) in [5.41, 5.74) is 2.81. The second-order valence-corrected chi connectivity index (χ2v) is 4.81. The van der Waals surface area contributed by atoms with E-state index in [0.29, 0.717) is 11.3 Å². The summed E-state index contributed by atoms with van der Waals surface area (Å²) in [6.45, 7) is 5.38. The van der Waals surface area contributed by atoms with Crippen molar-refractivity contribution >= 4 is 11.8 Å². The van der Waals surface area contributed by atoms with E-state index < -0.39 is 12.1 Å². The molecule has 1 aromatic carbocycles. The molecule has 2 rings (SSSR count). The van der Waals surface area contributed by atoms with Gasteiger partial charge < -0.3 is 9.72 Å². The Hall–Kier alpha value is -2.36. The number of hydrogen-bond acceptors (Lipinski definition) is 3. The van der Waals surface area contributed by atoms with E-state index in [4.69, 9.17) is 4.74 Å². The third kappa shape index (κ3) is 2.96. The predicted octanol–water partition coefficient (Wildman–Crippen LogP) is 3.06. The SMILES string of the molecule is Cc1ccc(C)c(C(=O)[C@@H](C)OC(=O)c2ccc[nH]2)c1. The molecule has 0 saturated heterocycles. The molecule has 2 aromatic rings. The Kier molecular flexibility index (Phi) is 4.03. The molecule has 1 N–H and O–H groups in total. The van der Waals surface area contributed by atoms with Crippen LogP contribution in [0.3, 0.4) is 0 Å². The third-order valence-electron chi connectivity index (χ3n) is 3.13. The molecule has 104 valence electrons. The number of benzene rings is 1. The molecule has 0 aliphatic carbocycles. The average molecular weight is 271 g/mol. The highest BCUT2D eigenvalue weighted by Crippen LogP contribution is 2.15. The number of ketones is 1. The summed E-state index contributed by atoms with van der Waals surface area (Å²) < 4.78 is 5.19. The first-order valence-corrected chi connectivity index (χ1v) is 6.45. The van der Waals surface area contributed by atoms with Gasteiger partial charge in [0.25, 0.3) is 0 Å². The van der Waals surface area contributed by atoms with Crippen LogP contribution in [0, 0.1) is 13.8 Å². The van der Waals surface area contributed by atoms with Gasteiger partial charge in [-0.2, -0.15) is 0 Å². The van der Waals surface area contributed by atoms with Crippen molar-refractivity contribution in [2.24, 2.45) is 0 Å². The molecule has 0 aliphatic heterocycles. The van der Waals surface area contributed by atoms with Gasteiger partial charge in [-0.1, -0.05) is 17.7 Å². The molecule has 0 bridgehead atoms. The lowest BCUT2D eigenvalue weighted by molar-refractivity contribution is 0.0313. The first-order chi connectivity index (χ1) is 9.49. The zero-order valence-electron chi connectivity index (χ0n) is 11.8. The van der Waals surface area contributed by atoms with Crippen molar-refractivity contribution < 1.29 is 14.3 Å². The highest BCUT2D eigenvalue weighted by molar-refractivity contribution is 6.02. The lowest BCUT2D eigenvalue weighted by Crippen LogP contribution is -2.25. The summed E-state index contributed by atoms with van der Waals surface area (Å²) in [4.78, 5) is 26.9. The first kappa shape index (κ1) is 14.1. The fraction of sp³-hybridized carbons (Fsp3) is 0.250. The average Bonchev–Trinajstić information content (AvgIpc) is 2.94. The molecule has 1 aromatic heterocycles. The van der Waals surface area contributed by atoms with E-state index >= 15 is 0 Å². The lowest BCUT2D eigenvalue weighted by Gasteiger charge is -2.13. The van der Waals surface area contributed by atoms with Gasteiger partial charge in [-0.15, -0.1) is 0 Å². The number of esters is 1. The molecule has 0 spiro atoms. The number of carbonyl (C=O) groups excluding carboxylic acids is 2. The normalized spacial score (nSPS) is 11.9. The molecule has 4 nitrogen and oxygen atoms in total. The van der Waals surface area contributed by atoms with Crippen LogP contribution in [0.4, 0.5) is 0 Å². The number of nitrogens with one attached hydrogen (secondary N) is 1. The molecule has 0 unspecified atom stereocenters. The number of rotatable bonds is 4. The number of aromatic nitrogens is 1. The molecule has 0 fully saturated rings. The van der Waals surface area contributed by atoms with Crippen molar-refractivity contribution in [1.82, 2.24) is 4.98 Å². The number of Topliss-reactive ketones (excluding diaryl/α,β-unsaturated/α-hetero) is 1. The van der Waals surface area contributed by atoms with Crippen molar-refractivity contribution in [2.75, 3.05) is 0 Å². The maximum absolute atomic E-state index is 12.3. The Balaban J connectivity index is 2.13. The summed E-state index contributed by atoms with van der Waals surface area (Å²) >= 11 is 0. The van der Waals surface area contributed by atoms with Crippen LogP contribution < -0.4 is 0 Å². The minimum atomic E-state index is -0.814. The largest absolute Gasteiger partial charge is 0.450 e. The quantitative estimate of drug-likeness (QED) is 0.686. The van der Waals surface area contributed by atoms with Crippen molar-refractivity contribution in [3.63, 3.8) is 0 Å². The molecule has 0 amide bonds. The van der Waals surface area contributed by atoms with Gasteiger partial charge in [-0.25, -0.2) is 4.79 Å². The van der Waals surface area contributed by atoms with Crippen molar-refractivity contribution in [2.45, 2.75) is 26.9 Å². The summed E-state index contributed by atoms with van der Waals surface area (Å²) in [6.07, 6.45) is 0.819. The van der Waals surface area contributed by atoms with Gasteiger partial charge in [0.05, 0.1) is 0 Å². The van der Waals surface area contributed by atoms with Crippen LogP contribution in [0.25, 0.3) is 0 Å². The summed E-state index contributed by atoms with van der Waals surface area (Å²) in [7, 11) is 0. The fourth-order valence-corrected chi connectivity index (χ4v) is 1.96. The van der Waals surface area contributed by atoms with Crippen LogP contribution in [-0.2, 0) is 4.74 Å². The zero-order valence-corrected chi connectivity index (χ0v) is 11.8. The molecule has 0 saturated carbocycles. The van der Waals surface area contributed by atoms with E-state index in [0.717, 1.165) is 11.1 Å². The molecule has 20 heavy (non-hydrogen) atoms. The van der Waals surface area contributed by atoms with Gasteiger partial charge >= 0.3 is 5.97 Å². The predicted molar refractivity (Wildman–Crippen MR) is 75.9 cm³/mol. The zero-order chi connectivity index (χ0) is 14.7. The van der Waals surface area contributed by atoms with E-state index in [1.54, 1.807) is 25.3 Å². The maximum Gasteiger partial charge on any atom is 0.355 e. The highest BCUT2D eigenvalue weighted by Gasteiger charge is 2.22. The standard InChI is InChI=1S/C16H17NO3/c1-10-6-7-11(2)13(9-10)15(18)12(3)20-16(19)14-5-4-8-17-14/h4-9,12,17H,1-3H3/t12-/m1/s1. The molecule has 1 atom stereocenters. The topological polar surface area (TPSA) is 59.2 Å². The van der Waals surface area contributed by atoms with E-state index in [1.807, 2.05) is 32.0 Å². The molecular formula is C16H17NO3. The first-order valence-electron chi connectivity index (χ1n) is 6.45. The summed E-state index contributed by atoms with van der Waals surface area (Å²) in [5, 5.41) is 0. The molecule has 4 heteroatoms.